The van der Waals surface area contributed by atoms with Crippen LogP contribution < -0.4 is 15.5 Å². The number of nitrogens with zero attached hydrogens (tertiary/aromatic N) is 2. The first kappa shape index (κ1) is 17.2. The number of aromatic nitrogens is 2. The van der Waals surface area contributed by atoms with E-state index in [4.69, 9.17) is 4.74 Å². The van der Waals surface area contributed by atoms with Gasteiger partial charge in [-0.3, -0.25) is 9.59 Å². The zero-order valence-electron chi connectivity index (χ0n) is 14.6. The predicted octanol–water partition coefficient (Wildman–Crippen LogP) is 3.65. The van der Waals surface area contributed by atoms with Gasteiger partial charge in [0.2, 0.25) is 5.91 Å². The number of thiazole rings is 1. The Labute approximate surface area is 159 Å². The van der Waals surface area contributed by atoms with Crippen molar-refractivity contribution >= 4 is 43.5 Å². The van der Waals surface area contributed by atoms with E-state index in [2.05, 4.69) is 10.3 Å². The second-order valence-corrected chi connectivity index (χ2v) is 6.99. The largest absolute Gasteiger partial charge is 0.494 e. The molecule has 2 heterocycles. The molecule has 0 saturated heterocycles. The highest BCUT2D eigenvalue weighted by Gasteiger charge is 2.11. The van der Waals surface area contributed by atoms with Gasteiger partial charge in [0.15, 0.2) is 10.6 Å². The number of carbonyl (C=O) groups excluding carboxylic acids is 1. The third kappa shape index (κ3) is 3.54. The predicted molar refractivity (Wildman–Crippen MR) is 108 cm³/mol. The number of hydrogen-bond acceptors (Lipinski definition) is 5. The highest BCUT2D eigenvalue weighted by molar-refractivity contribution is 7.22. The van der Waals surface area contributed by atoms with Gasteiger partial charge in [0.25, 0.3) is 0 Å². The average molecular weight is 379 g/mol. The summed E-state index contributed by atoms with van der Waals surface area (Å²) >= 11 is 1.40. The second kappa shape index (κ2) is 7.20. The van der Waals surface area contributed by atoms with Crippen LogP contribution in [0.1, 0.15) is 6.92 Å². The van der Waals surface area contributed by atoms with Crippen molar-refractivity contribution in [3.05, 3.63) is 65.0 Å². The Bertz CT molecular complexity index is 1200. The molecular formula is C20H17N3O3S. The Balaban J connectivity index is 1.55. The van der Waals surface area contributed by atoms with Gasteiger partial charge in [0.1, 0.15) is 12.3 Å². The summed E-state index contributed by atoms with van der Waals surface area (Å²) in [6.45, 7) is 2.63. The van der Waals surface area contributed by atoms with Gasteiger partial charge in [-0.05, 0) is 37.3 Å². The van der Waals surface area contributed by atoms with Crippen LogP contribution >= 0.6 is 11.3 Å². The van der Waals surface area contributed by atoms with E-state index >= 15 is 0 Å². The number of hydrogen-bond donors (Lipinski definition) is 1. The van der Waals surface area contributed by atoms with Gasteiger partial charge in [0, 0.05) is 17.6 Å². The highest BCUT2D eigenvalue weighted by atomic mass is 32.1. The minimum Gasteiger partial charge on any atom is -0.494 e. The monoisotopic (exact) mass is 379 g/mol. The number of rotatable bonds is 5. The summed E-state index contributed by atoms with van der Waals surface area (Å²) in [4.78, 5) is 28.9. The first-order valence-corrected chi connectivity index (χ1v) is 9.37. The molecule has 0 spiro atoms. The van der Waals surface area contributed by atoms with Crippen molar-refractivity contribution < 1.29 is 9.53 Å². The number of fused-ring (bicyclic) bond motifs is 2. The molecule has 27 heavy (non-hydrogen) atoms. The summed E-state index contributed by atoms with van der Waals surface area (Å²) in [5.74, 6) is 0.583. The number of anilines is 1. The van der Waals surface area contributed by atoms with Crippen LogP contribution in [-0.4, -0.2) is 22.1 Å². The maximum Gasteiger partial charge on any atom is 0.246 e. The van der Waals surface area contributed by atoms with E-state index in [0.29, 0.717) is 17.1 Å². The summed E-state index contributed by atoms with van der Waals surface area (Å²) in [6, 6.07) is 14.4. The van der Waals surface area contributed by atoms with Crippen LogP contribution in [0.15, 0.2) is 59.5 Å². The molecule has 4 rings (SSSR count). The molecule has 0 aliphatic rings. The van der Waals surface area contributed by atoms with Gasteiger partial charge in [0.05, 0.1) is 22.3 Å². The molecular weight excluding hydrogens is 362 g/mol. The van der Waals surface area contributed by atoms with Crippen molar-refractivity contribution in [2.24, 2.45) is 0 Å². The van der Waals surface area contributed by atoms with E-state index < -0.39 is 0 Å². The maximum atomic E-state index is 12.5. The molecule has 0 unspecified atom stereocenters. The average Bonchev–Trinajstić information content (AvgIpc) is 3.06. The number of ether oxygens (including phenoxy) is 1. The standard InChI is InChI=1S/C20H17N3O3S/c1-2-26-13-7-8-15-18(11-13)27-20(21-15)22-19(25)12-23-10-9-17(24)14-5-3-4-6-16(14)23/h3-11H,2,12H2,1H3,(H,21,22,25). The third-order valence-corrected chi connectivity index (χ3v) is 5.05. The summed E-state index contributed by atoms with van der Waals surface area (Å²) in [5, 5.41) is 3.97. The van der Waals surface area contributed by atoms with Crippen LogP contribution in [0.2, 0.25) is 0 Å². The molecule has 0 atom stereocenters. The van der Waals surface area contributed by atoms with Gasteiger partial charge in [-0.15, -0.1) is 0 Å². The molecule has 1 amide bonds. The van der Waals surface area contributed by atoms with Crippen molar-refractivity contribution in [2.45, 2.75) is 13.5 Å². The number of carbonyl (C=O) groups is 1. The Kier molecular flexibility index (Phi) is 4.60. The lowest BCUT2D eigenvalue weighted by Gasteiger charge is -2.09. The van der Waals surface area contributed by atoms with E-state index in [1.807, 2.05) is 43.3 Å². The van der Waals surface area contributed by atoms with Crippen molar-refractivity contribution in [2.75, 3.05) is 11.9 Å². The van der Waals surface area contributed by atoms with E-state index in [1.165, 1.54) is 17.4 Å². The molecule has 0 aliphatic carbocycles. The Morgan fingerprint density at radius 2 is 2.07 bits per heavy atom. The van der Waals surface area contributed by atoms with Crippen LogP contribution in [0, 0.1) is 0 Å². The van der Waals surface area contributed by atoms with Gasteiger partial charge >= 0.3 is 0 Å². The summed E-state index contributed by atoms with van der Waals surface area (Å²) in [7, 11) is 0. The van der Waals surface area contributed by atoms with Gasteiger partial charge < -0.3 is 14.6 Å². The van der Waals surface area contributed by atoms with Crippen molar-refractivity contribution in [3.8, 4) is 5.75 Å². The molecule has 1 N–H and O–H groups in total. The highest BCUT2D eigenvalue weighted by Crippen LogP contribution is 2.29. The van der Waals surface area contributed by atoms with Crippen LogP contribution in [0.3, 0.4) is 0 Å². The Morgan fingerprint density at radius 1 is 1.22 bits per heavy atom. The van der Waals surface area contributed by atoms with Crippen LogP contribution in [-0.2, 0) is 11.3 Å². The molecule has 2 aromatic carbocycles. The molecule has 6 nitrogen and oxygen atoms in total. The smallest absolute Gasteiger partial charge is 0.246 e. The van der Waals surface area contributed by atoms with Crippen molar-refractivity contribution in [3.63, 3.8) is 0 Å². The van der Waals surface area contributed by atoms with Crippen LogP contribution in [0.5, 0.6) is 5.75 Å². The minimum atomic E-state index is -0.201. The van der Waals surface area contributed by atoms with E-state index in [-0.39, 0.29) is 17.9 Å². The van der Waals surface area contributed by atoms with Gasteiger partial charge in [-0.25, -0.2) is 4.98 Å². The molecule has 0 aliphatic heterocycles. The van der Waals surface area contributed by atoms with Gasteiger partial charge in [-0.2, -0.15) is 0 Å². The number of amides is 1. The molecule has 7 heteroatoms. The molecule has 0 bridgehead atoms. The second-order valence-electron chi connectivity index (χ2n) is 5.95. The summed E-state index contributed by atoms with van der Waals surface area (Å²) in [5.41, 5.74) is 1.48. The topological polar surface area (TPSA) is 73.2 Å². The van der Waals surface area contributed by atoms with Crippen LogP contribution in [0.25, 0.3) is 21.1 Å². The fraction of sp³-hybridized carbons (Fsp3) is 0.150. The van der Waals surface area contributed by atoms with E-state index in [9.17, 15) is 9.59 Å². The first-order valence-electron chi connectivity index (χ1n) is 8.55. The fourth-order valence-electron chi connectivity index (χ4n) is 2.93. The number of pyridine rings is 1. The Hall–Kier alpha value is -3.19. The molecule has 0 radical (unpaired) electrons. The lowest BCUT2D eigenvalue weighted by molar-refractivity contribution is -0.116. The maximum absolute atomic E-state index is 12.5. The fourth-order valence-corrected chi connectivity index (χ4v) is 3.84. The summed E-state index contributed by atoms with van der Waals surface area (Å²) in [6.07, 6.45) is 1.64. The van der Waals surface area contributed by atoms with Crippen LogP contribution in [0.4, 0.5) is 5.13 Å². The normalized spacial score (nSPS) is 11.0. The van der Waals surface area contributed by atoms with Crippen molar-refractivity contribution in [1.29, 1.82) is 0 Å². The third-order valence-electron chi connectivity index (χ3n) is 4.12. The first-order chi connectivity index (χ1) is 13.1. The summed E-state index contributed by atoms with van der Waals surface area (Å²) < 4.78 is 8.20. The number of benzene rings is 2. The molecule has 4 aromatic rings. The lowest BCUT2D eigenvalue weighted by Crippen LogP contribution is -2.20. The zero-order chi connectivity index (χ0) is 18.8. The molecule has 136 valence electrons. The molecule has 0 fully saturated rings. The number of para-hydroxylation sites is 1. The van der Waals surface area contributed by atoms with Gasteiger partial charge in [-0.1, -0.05) is 23.5 Å². The number of nitrogens with one attached hydrogen (secondary N) is 1. The van der Waals surface area contributed by atoms with Crippen molar-refractivity contribution in [1.82, 2.24) is 9.55 Å². The minimum absolute atomic E-state index is 0.0569. The SMILES string of the molecule is CCOc1ccc2nc(NC(=O)Cn3ccc(=O)c4ccccc43)sc2c1. The zero-order valence-corrected chi connectivity index (χ0v) is 15.5. The quantitative estimate of drug-likeness (QED) is 0.574. The van der Waals surface area contributed by atoms with E-state index in [1.54, 1.807) is 16.8 Å². The molecule has 2 aromatic heterocycles. The lowest BCUT2D eigenvalue weighted by atomic mass is 10.2. The van der Waals surface area contributed by atoms with E-state index in [0.717, 1.165) is 21.5 Å². The molecule has 0 saturated carbocycles. The Morgan fingerprint density at radius 3 is 2.93 bits per heavy atom.